The van der Waals surface area contributed by atoms with Crippen LogP contribution in [0.4, 0.5) is 5.69 Å². The van der Waals surface area contributed by atoms with Crippen LogP contribution in [0, 0.1) is 0 Å². The second-order valence-electron chi connectivity index (χ2n) is 5.58. The van der Waals surface area contributed by atoms with Gasteiger partial charge >= 0.3 is 5.63 Å². The SMILES string of the molecule is CCOc1cccc2cc(C(=O)Nc3ccc(OC)c(OC)c3)c(=O)oc12. The number of benzene rings is 2. The number of carbonyl (C=O) groups is 1. The molecule has 0 radical (unpaired) electrons. The van der Waals surface area contributed by atoms with Crippen LogP contribution in [-0.4, -0.2) is 26.7 Å². The molecule has 3 aromatic rings. The van der Waals surface area contributed by atoms with E-state index in [1.165, 1.54) is 20.3 Å². The summed E-state index contributed by atoms with van der Waals surface area (Å²) < 4.78 is 21.2. The van der Waals surface area contributed by atoms with E-state index in [0.717, 1.165) is 0 Å². The molecule has 140 valence electrons. The van der Waals surface area contributed by atoms with Crippen LogP contribution in [0.3, 0.4) is 0 Å². The Morgan fingerprint density at radius 3 is 2.52 bits per heavy atom. The third-order valence-electron chi connectivity index (χ3n) is 3.91. The predicted molar refractivity (Wildman–Crippen MR) is 101 cm³/mol. The van der Waals surface area contributed by atoms with Crippen molar-refractivity contribution in [1.82, 2.24) is 0 Å². The van der Waals surface area contributed by atoms with Crippen LogP contribution in [0.25, 0.3) is 11.0 Å². The summed E-state index contributed by atoms with van der Waals surface area (Å²) in [5.74, 6) is 0.866. The molecule has 0 unspecified atom stereocenters. The molecule has 1 aromatic heterocycles. The summed E-state index contributed by atoms with van der Waals surface area (Å²) in [6.07, 6.45) is 0. The van der Waals surface area contributed by atoms with Crippen LogP contribution in [0.1, 0.15) is 17.3 Å². The fraction of sp³-hybridized carbons (Fsp3) is 0.200. The molecule has 1 amide bonds. The van der Waals surface area contributed by atoms with E-state index in [9.17, 15) is 9.59 Å². The van der Waals surface area contributed by atoms with Crippen LogP contribution in [0.2, 0.25) is 0 Å². The Morgan fingerprint density at radius 1 is 1.04 bits per heavy atom. The van der Waals surface area contributed by atoms with Gasteiger partial charge < -0.3 is 23.9 Å². The van der Waals surface area contributed by atoms with Crippen molar-refractivity contribution < 1.29 is 23.4 Å². The summed E-state index contributed by atoms with van der Waals surface area (Å²) in [5, 5.41) is 3.26. The van der Waals surface area contributed by atoms with E-state index < -0.39 is 11.5 Å². The minimum absolute atomic E-state index is 0.106. The van der Waals surface area contributed by atoms with Gasteiger partial charge in [0, 0.05) is 17.1 Å². The van der Waals surface area contributed by atoms with Crippen LogP contribution < -0.4 is 25.2 Å². The van der Waals surface area contributed by atoms with Gasteiger partial charge in [0.1, 0.15) is 5.56 Å². The highest BCUT2D eigenvalue weighted by molar-refractivity contribution is 6.05. The summed E-state index contributed by atoms with van der Waals surface area (Å²) in [4.78, 5) is 24.9. The van der Waals surface area contributed by atoms with Gasteiger partial charge in [-0.3, -0.25) is 4.79 Å². The van der Waals surface area contributed by atoms with Crippen molar-refractivity contribution >= 4 is 22.6 Å². The number of hydrogen-bond acceptors (Lipinski definition) is 6. The van der Waals surface area contributed by atoms with E-state index in [1.54, 1.807) is 36.4 Å². The average Bonchev–Trinajstić information content (AvgIpc) is 2.68. The van der Waals surface area contributed by atoms with Crippen molar-refractivity contribution in [2.45, 2.75) is 6.92 Å². The minimum atomic E-state index is -0.743. The van der Waals surface area contributed by atoms with Gasteiger partial charge in [-0.05, 0) is 31.2 Å². The second-order valence-corrected chi connectivity index (χ2v) is 5.58. The molecule has 0 aliphatic heterocycles. The second kappa shape index (κ2) is 7.82. The first kappa shape index (κ1) is 18.3. The number of amides is 1. The van der Waals surface area contributed by atoms with Gasteiger partial charge in [0.05, 0.1) is 20.8 Å². The molecule has 3 rings (SSSR count). The average molecular weight is 369 g/mol. The van der Waals surface area contributed by atoms with Gasteiger partial charge in [-0.15, -0.1) is 0 Å². The van der Waals surface area contributed by atoms with Crippen molar-refractivity contribution in [2.75, 3.05) is 26.1 Å². The fourth-order valence-electron chi connectivity index (χ4n) is 2.66. The van der Waals surface area contributed by atoms with E-state index in [-0.39, 0.29) is 5.56 Å². The maximum atomic E-state index is 12.6. The predicted octanol–water partition coefficient (Wildman–Crippen LogP) is 3.46. The third-order valence-corrected chi connectivity index (χ3v) is 3.91. The van der Waals surface area contributed by atoms with E-state index in [2.05, 4.69) is 5.32 Å². The molecule has 7 nitrogen and oxygen atoms in total. The van der Waals surface area contributed by atoms with Gasteiger partial charge in [0.15, 0.2) is 22.8 Å². The smallest absolute Gasteiger partial charge is 0.349 e. The topological polar surface area (TPSA) is 87.0 Å². The van der Waals surface area contributed by atoms with Gasteiger partial charge in [0.2, 0.25) is 0 Å². The summed E-state index contributed by atoms with van der Waals surface area (Å²) >= 11 is 0. The molecule has 0 atom stereocenters. The van der Waals surface area contributed by atoms with Gasteiger partial charge in [-0.25, -0.2) is 4.79 Å². The standard InChI is InChI=1S/C20H19NO6/c1-4-26-16-7-5-6-12-10-14(20(23)27-18(12)16)19(22)21-13-8-9-15(24-2)17(11-13)25-3/h5-11H,4H2,1-3H3,(H,21,22). The highest BCUT2D eigenvalue weighted by Crippen LogP contribution is 2.30. The van der Waals surface area contributed by atoms with Crippen molar-refractivity contribution in [3.05, 3.63) is 58.4 Å². The molecule has 0 aliphatic carbocycles. The maximum absolute atomic E-state index is 12.6. The molecule has 27 heavy (non-hydrogen) atoms. The molecular weight excluding hydrogens is 350 g/mol. The first-order valence-electron chi connectivity index (χ1n) is 8.30. The lowest BCUT2D eigenvalue weighted by Crippen LogP contribution is -2.20. The Kier molecular flexibility index (Phi) is 5.30. The number of fused-ring (bicyclic) bond motifs is 1. The lowest BCUT2D eigenvalue weighted by molar-refractivity contribution is 0.102. The number of nitrogens with one attached hydrogen (secondary N) is 1. The number of para-hydroxylation sites is 1. The molecule has 0 spiro atoms. The summed E-state index contributed by atoms with van der Waals surface area (Å²) in [6, 6.07) is 11.6. The third kappa shape index (κ3) is 3.72. The molecule has 0 saturated heterocycles. The van der Waals surface area contributed by atoms with Crippen LogP contribution in [0.15, 0.2) is 51.7 Å². The Hall–Kier alpha value is -3.48. The molecule has 0 bridgehead atoms. The Balaban J connectivity index is 1.94. The lowest BCUT2D eigenvalue weighted by atomic mass is 10.1. The molecule has 2 aromatic carbocycles. The van der Waals surface area contributed by atoms with E-state index in [1.807, 2.05) is 6.92 Å². The number of methoxy groups -OCH3 is 2. The quantitative estimate of drug-likeness (QED) is 0.670. The number of ether oxygens (including phenoxy) is 3. The number of rotatable bonds is 6. The molecule has 1 N–H and O–H groups in total. The summed E-state index contributed by atoms with van der Waals surface area (Å²) in [5.41, 5.74) is -0.0780. The van der Waals surface area contributed by atoms with Crippen LogP contribution >= 0.6 is 0 Å². The largest absolute Gasteiger partial charge is 0.493 e. The Bertz CT molecular complexity index is 1040. The minimum Gasteiger partial charge on any atom is -0.493 e. The van der Waals surface area contributed by atoms with E-state index in [0.29, 0.717) is 40.5 Å². The fourth-order valence-corrected chi connectivity index (χ4v) is 2.66. The number of carbonyl (C=O) groups excluding carboxylic acids is 1. The number of hydrogen-bond donors (Lipinski definition) is 1. The molecular formula is C20H19NO6. The molecule has 0 aliphatic rings. The summed E-state index contributed by atoms with van der Waals surface area (Å²) in [6.45, 7) is 2.27. The molecule has 1 heterocycles. The zero-order valence-corrected chi connectivity index (χ0v) is 15.2. The highest BCUT2D eigenvalue weighted by Gasteiger charge is 2.16. The van der Waals surface area contributed by atoms with Crippen molar-refractivity contribution in [1.29, 1.82) is 0 Å². The molecule has 0 saturated carbocycles. The highest BCUT2D eigenvalue weighted by atomic mass is 16.5. The Morgan fingerprint density at radius 2 is 1.81 bits per heavy atom. The van der Waals surface area contributed by atoms with Crippen LogP contribution in [-0.2, 0) is 0 Å². The summed E-state index contributed by atoms with van der Waals surface area (Å²) in [7, 11) is 3.02. The lowest BCUT2D eigenvalue weighted by Gasteiger charge is -2.11. The first-order valence-corrected chi connectivity index (χ1v) is 8.30. The van der Waals surface area contributed by atoms with Crippen molar-refractivity contribution in [3.63, 3.8) is 0 Å². The van der Waals surface area contributed by atoms with Crippen molar-refractivity contribution in [2.24, 2.45) is 0 Å². The number of anilines is 1. The first-order chi connectivity index (χ1) is 13.1. The normalized spacial score (nSPS) is 10.5. The maximum Gasteiger partial charge on any atom is 0.349 e. The van der Waals surface area contributed by atoms with Gasteiger partial charge in [-0.2, -0.15) is 0 Å². The molecule has 7 heteroatoms. The Labute approximate surface area is 155 Å². The van der Waals surface area contributed by atoms with Crippen LogP contribution in [0.5, 0.6) is 17.2 Å². The zero-order valence-electron chi connectivity index (χ0n) is 15.2. The van der Waals surface area contributed by atoms with E-state index >= 15 is 0 Å². The zero-order chi connectivity index (χ0) is 19.4. The molecule has 0 fully saturated rings. The van der Waals surface area contributed by atoms with Crippen molar-refractivity contribution in [3.8, 4) is 17.2 Å². The monoisotopic (exact) mass is 369 g/mol. The van der Waals surface area contributed by atoms with Gasteiger partial charge in [0.25, 0.3) is 5.91 Å². The van der Waals surface area contributed by atoms with Gasteiger partial charge in [-0.1, -0.05) is 12.1 Å². The van der Waals surface area contributed by atoms with E-state index in [4.69, 9.17) is 18.6 Å².